The third-order valence-electron chi connectivity index (χ3n) is 7.10. The highest BCUT2D eigenvalue weighted by molar-refractivity contribution is 5.64. The van der Waals surface area contributed by atoms with Crippen LogP contribution in [0, 0.1) is 11.8 Å². The first-order valence-electron chi connectivity index (χ1n) is 12.6. The zero-order valence-electron chi connectivity index (χ0n) is 19.5. The van der Waals surface area contributed by atoms with Crippen LogP contribution in [0.15, 0.2) is 48.5 Å². The van der Waals surface area contributed by atoms with Crippen LogP contribution in [-0.4, -0.2) is 6.61 Å². The van der Waals surface area contributed by atoms with Crippen molar-refractivity contribution in [2.75, 3.05) is 6.61 Å². The molecule has 1 aliphatic carbocycles. The molecule has 1 atom stereocenters. The zero-order valence-corrected chi connectivity index (χ0v) is 19.5. The van der Waals surface area contributed by atoms with Gasteiger partial charge in [-0.3, -0.25) is 0 Å². The van der Waals surface area contributed by atoms with E-state index in [9.17, 15) is 0 Å². The topological polar surface area (TPSA) is 9.23 Å². The largest absolute Gasteiger partial charge is 0.494 e. The van der Waals surface area contributed by atoms with Crippen molar-refractivity contribution in [3.63, 3.8) is 0 Å². The first-order valence-corrected chi connectivity index (χ1v) is 12.6. The normalized spacial score (nSPS) is 20.1. The SMILES string of the molecule is CCCCC(CC)CC1CCC(c2ccc(-c3ccc(OCCC)cc3)cc2)CC1. The standard InChI is InChI=1S/C29H42O/c1-4-7-8-23(6-3)22-24-9-11-25(12-10-24)26-13-15-27(16-14-26)28-17-19-29(20-18-28)30-21-5-2/h13-20,23-25H,4-12,21-22H2,1-3H3. The van der Waals surface area contributed by atoms with E-state index in [1.165, 1.54) is 74.5 Å². The van der Waals surface area contributed by atoms with E-state index in [4.69, 9.17) is 4.74 Å². The van der Waals surface area contributed by atoms with Crippen molar-refractivity contribution in [1.82, 2.24) is 0 Å². The second kappa shape index (κ2) is 12.2. The molecule has 2 aromatic rings. The van der Waals surface area contributed by atoms with E-state index in [0.717, 1.165) is 36.5 Å². The van der Waals surface area contributed by atoms with Crippen LogP contribution in [0.25, 0.3) is 11.1 Å². The molecule has 0 heterocycles. The fourth-order valence-corrected chi connectivity index (χ4v) is 5.10. The summed E-state index contributed by atoms with van der Waals surface area (Å²) in [6.45, 7) is 7.63. The molecule has 1 saturated carbocycles. The summed E-state index contributed by atoms with van der Waals surface area (Å²) in [4.78, 5) is 0. The summed E-state index contributed by atoms with van der Waals surface area (Å²) in [6, 6.07) is 17.9. The molecule has 1 heteroatoms. The van der Waals surface area contributed by atoms with E-state index in [2.05, 4.69) is 69.3 Å². The number of rotatable bonds is 11. The highest BCUT2D eigenvalue weighted by Crippen LogP contribution is 2.39. The maximum Gasteiger partial charge on any atom is 0.119 e. The lowest BCUT2D eigenvalue weighted by atomic mass is 9.74. The Kier molecular flexibility index (Phi) is 9.30. The van der Waals surface area contributed by atoms with E-state index in [-0.39, 0.29) is 0 Å². The molecule has 0 aliphatic heterocycles. The molecule has 3 rings (SSSR count). The average molecular weight is 407 g/mol. The number of hydrogen-bond donors (Lipinski definition) is 0. The maximum atomic E-state index is 5.70. The van der Waals surface area contributed by atoms with Crippen LogP contribution in [0.3, 0.4) is 0 Å². The van der Waals surface area contributed by atoms with E-state index in [1.54, 1.807) is 0 Å². The summed E-state index contributed by atoms with van der Waals surface area (Å²) in [5.41, 5.74) is 4.11. The van der Waals surface area contributed by atoms with E-state index in [1.807, 2.05) is 0 Å². The second-order valence-corrected chi connectivity index (χ2v) is 9.36. The minimum absolute atomic E-state index is 0.760. The predicted octanol–water partition coefficient (Wildman–Crippen LogP) is 9.02. The Morgan fingerprint density at radius 3 is 2.00 bits per heavy atom. The minimum Gasteiger partial charge on any atom is -0.494 e. The molecule has 1 unspecified atom stereocenters. The summed E-state index contributed by atoms with van der Waals surface area (Å²) in [6.07, 6.45) is 13.7. The number of unbranched alkanes of at least 4 members (excludes halogenated alkanes) is 1. The lowest BCUT2D eigenvalue weighted by Crippen LogP contribution is -2.16. The Hall–Kier alpha value is -1.76. The van der Waals surface area contributed by atoms with Gasteiger partial charge in [0.05, 0.1) is 6.61 Å². The Morgan fingerprint density at radius 1 is 0.800 bits per heavy atom. The Morgan fingerprint density at radius 2 is 1.43 bits per heavy atom. The maximum absolute atomic E-state index is 5.70. The molecule has 164 valence electrons. The van der Waals surface area contributed by atoms with Gasteiger partial charge in [0, 0.05) is 0 Å². The Labute approximate surface area is 185 Å². The Balaban J connectivity index is 1.51. The van der Waals surface area contributed by atoms with Crippen LogP contribution in [0.4, 0.5) is 0 Å². The quantitative estimate of drug-likeness (QED) is 0.361. The lowest BCUT2D eigenvalue weighted by Gasteiger charge is -2.31. The third-order valence-corrected chi connectivity index (χ3v) is 7.10. The summed E-state index contributed by atoms with van der Waals surface area (Å²) in [5, 5.41) is 0. The fraction of sp³-hybridized carbons (Fsp3) is 0.586. The van der Waals surface area contributed by atoms with E-state index < -0.39 is 0 Å². The van der Waals surface area contributed by atoms with Crippen molar-refractivity contribution in [3.05, 3.63) is 54.1 Å². The van der Waals surface area contributed by atoms with Crippen LogP contribution < -0.4 is 4.74 Å². The van der Waals surface area contributed by atoms with Gasteiger partial charge in [-0.2, -0.15) is 0 Å². The van der Waals surface area contributed by atoms with Gasteiger partial charge in [-0.25, -0.2) is 0 Å². The minimum atomic E-state index is 0.760. The molecule has 1 fully saturated rings. The van der Waals surface area contributed by atoms with Gasteiger partial charge in [0.1, 0.15) is 5.75 Å². The fourth-order valence-electron chi connectivity index (χ4n) is 5.10. The van der Waals surface area contributed by atoms with Crippen molar-refractivity contribution < 1.29 is 4.74 Å². The van der Waals surface area contributed by atoms with Gasteiger partial charge >= 0.3 is 0 Å². The number of hydrogen-bond acceptors (Lipinski definition) is 1. The van der Waals surface area contributed by atoms with Crippen LogP contribution in [0.2, 0.25) is 0 Å². The molecular formula is C29H42O. The molecule has 0 amide bonds. The first-order chi connectivity index (χ1) is 14.7. The van der Waals surface area contributed by atoms with Gasteiger partial charge in [-0.1, -0.05) is 82.9 Å². The van der Waals surface area contributed by atoms with Gasteiger partial charge in [0.15, 0.2) is 0 Å². The van der Waals surface area contributed by atoms with Crippen molar-refractivity contribution in [3.8, 4) is 16.9 Å². The third kappa shape index (κ3) is 6.62. The highest BCUT2D eigenvalue weighted by Gasteiger charge is 2.24. The summed E-state index contributed by atoms with van der Waals surface area (Å²) >= 11 is 0. The average Bonchev–Trinajstić information content (AvgIpc) is 2.81. The molecule has 2 aromatic carbocycles. The molecule has 0 radical (unpaired) electrons. The molecule has 1 aliphatic rings. The monoisotopic (exact) mass is 406 g/mol. The number of ether oxygens (including phenoxy) is 1. The first kappa shape index (κ1) is 22.9. The van der Waals surface area contributed by atoms with Crippen molar-refractivity contribution in [2.24, 2.45) is 11.8 Å². The van der Waals surface area contributed by atoms with Crippen LogP contribution in [-0.2, 0) is 0 Å². The molecule has 0 aromatic heterocycles. The Bertz CT molecular complexity index is 707. The molecule has 1 nitrogen and oxygen atoms in total. The second-order valence-electron chi connectivity index (χ2n) is 9.36. The molecule has 0 saturated heterocycles. The van der Waals surface area contributed by atoms with Crippen LogP contribution in [0.1, 0.15) is 96.5 Å². The van der Waals surface area contributed by atoms with Gasteiger partial charge in [-0.15, -0.1) is 0 Å². The molecule has 0 N–H and O–H groups in total. The molecular weight excluding hydrogens is 364 g/mol. The van der Waals surface area contributed by atoms with Gasteiger partial charge < -0.3 is 4.74 Å². The number of benzene rings is 2. The van der Waals surface area contributed by atoms with E-state index >= 15 is 0 Å². The smallest absolute Gasteiger partial charge is 0.119 e. The van der Waals surface area contributed by atoms with Gasteiger partial charge in [-0.05, 0) is 85.1 Å². The zero-order chi connectivity index (χ0) is 21.2. The van der Waals surface area contributed by atoms with Crippen molar-refractivity contribution >= 4 is 0 Å². The highest BCUT2D eigenvalue weighted by atomic mass is 16.5. The molecule has 0 bridgehead atoms. The van der Waals surface area contributed by atoms with Gasteiger partial charge in [0.25, 0.3) is 0 Å². The predicted molar refractivity (Wildman–Crippen MR) is 130 cm³/mol. The van der Waals surface area contributed by atoms with E-state index in [0.29, 0.717) is 0 Å². The van der Waals surface area contributed by atoms with Crippen molar-refractivity contribution in [1.29, 1.82) is 0 Å². The van der Waals surface area contributed by atoms with Crippen LogP contribution >= 0.6 is 0 Å². The molecule has 30 heavy (non-hydrogen) atoms. The summed E-state index contributed by atoms with van der Waals surface area (Å²) in [5.74, 6) is 3.66. The summed E-state index contributed by atoms with van der Waals surface area (Å²) in [7, 11) is 0. The molecule has 0 spiro atoms. The van der Waals surface area contributed by atoms with Crippen LogP contribution in [0.5, 0.6) is 5.75 Å². The summed E-state index contributed by atoms with van der Waals surface area (Å²) < 4.78 is 5.70. The lowest BCUT2D eigenvalue weighted by molar-refractivity contribution is 0.256. The van der Waals surface area contributed by atoms with Crippen molar-refractivity contribution in [2.45, 2.75) is 90.9 Å². The van der Waals surface area contributed by atoms with Gasteiger partial charge in [0.2, 0.25) is 0 Å².